The van der Waals surface area contributed by atoms with Crippen LogP contribution in [0.25, 0.3) is 0 Å². The first kappa shape index (κ1) is 17.3. The van der Waals surface area contributed by atoms with Gasteiger partial charge >= 0.3 is 0 Å². The van der Waals surface area contributed by atoms with E-state index in [0.29, 0.717) is 37.0 Å². The molecule has 1 aliphatic heterocycles. The molecule has 0 radical (unpaired) electrons. The van der Waals surface area contributed by atoms with Crippen LogP contribution in [0.4, 0.5) is 0 Å². The fourth-order valence-corrected chi connectivity index (χ4v) is 2.90. The number of benzene rings is 1. The maximum Gasteiger partial charge on any atom is 0.234 e. The van der Waals surface area contributed by atoms with Crippen molar-refractivity contribution < 1.29 is 9.59 Å². The molecule has 1 aromatic rings. The van der Waals surface area contributed by atoms with Gasteiger partial charge in [-0.1, -0.05) is 29.8 Å². The van der Waals surface area contributed by atoms with Gasteiger partial charge in [0, 0.05) is 24.7 Å². The summed E-state index contributed by atoms with van der Waals surface area (Å²) in [4.78, 5) is 25.5. The van der Waals surface area contributed by atoms with Crippen LogP contribution in [0.3, 0.4) is 0 Å². The maximum absolute atomic E-state index is 12.3. The van der Waals surface area contributed by atoms with Gasteiger partial charge in [0.1, 0.15) is 6.42 Å². The lowest BCUT2D eigenvalue weighted by Gasteiger charge is -2.32. The van der Waals surface area contributed by atoms with Crippen molar-refractivity contribution in [3.8, 4) is 6.07 Å². The Morgan fingerprint density at radius 1 is 1.30 bits per heavy atom. The van der Waals surface area contributed by atoms with Crippen LogP contribution in [0.5, 0.6) is 0 Å². The molecule has 1 heterocycles. The van der Waals surface area contributed by atoms with E-state index in [2.05, 4.69) is 5.32 Å². The predicted octanol–water partition coefficient (Wildman–Crippen LogP) is 2.15. The topological polar surface area (TPSA) is 73.2 Å². The number of likely N-dealkylation sites (tertiary alicyclic amines) is 1. The Kier molecular flexibility index (Phi) is 6.42. The number of carbonyl (C=O) groups excluding carboxylic acids is 2. The molecule has 0 aromatic heterocycles. The molecule has 0 unspecified atom stereocenters. The highest BCUT2D eigenvalue weighted by molar-refractivity contribution is 6.31. The normalized spacial score (nSPS) is 15.0. The molecule has 6 heteroatoms. The van der Waals surface area contributed by atoms with Crippen LogP contribution in [0, 0.1) is 17.2 Å². The molecule has 2 rings (SSSR count). The molecule has 1 saturated heterocycles. The highest BCUT2D eigenvalue weighted by Crippen LogP contribution is 2.20. The second-order valence-corrected chi connectivity index (χ2v) is 6.14. The van der Waals surface area contributed by atoms with E-state index in [1.165, 1.54) is 0 Å². The van der Waals surface area contributed by atoms with E-state index in [4.69, 9.17) is 16.9 Å². The summed E-state index contributed by atoms with van der Waals surface area (Å²) in [6.07, 6.45) is 1.95. The van der Waals surface area contributed by atoms with Gasteiger partial charge in [-0.25, -0.2) is 0 Å². The first-order valence-electron chi connectivity index (χ1n) is 7.75. The van der Waals surface area contributed by atoms with Crippen LogP contribution < -0.4 is 5.32 Å². The van der Waals surface area contributed by atoms with E-state index in [-0.39, 0.29) is 18.2 Å². The highest BCUT2D eigenvalue weighted by Gasteiger charge is 2.23. The molecule has 0 atom stereocenters. The molecule has 0 saturated carbocycles. The minimum absolute atomic E-state index is 0.0880. The van der Waals surface area contributed by atoms with E-state index in [1.807, 2.05) is 29.2 Å². The summed E-state index contributed by atoms with van der Waals surface area (Å²) in [6.45, 7) is 1.97. The van der Waals surface area contributed by atoms with Crippen LogP contribution in [-0.4, -0.2) is 36.3 Å². The average molecular weight is 334 g/mol. The molecular formula is C17H20ClN3O2. The predicted molar refractivity (Wildman–Crippen MR) is 87.7 cm³/mol. The van der Waals surface area contributed by atoms with Gasteiger partial charge in [-0.15, -0.1) is 0 Å². The van der Waals surface area contributed by atoms with E-state index < -0.39 is 0 Å². The van der Waals surface area contributed by atoms with Crippen LogP contribution in [-0.2, 0) is 16.0 Å². The Hall–Kier alpha value is -2.06. The van der Waals surface area contributed by atoms with Crippen LogP contribution in [0.15, 0.2) is 24.3 Å². The van der Waals surface area contributed by atoms with Crippen molar-refractivity contribution in [2.24, 2.45) is 5.92 Å². The van der Waals surface area contributed by atoms with Crippen molar-refractivity contribution in [1.82, 2.24) is 10.2 Å². The SMILES string of the molecule is N#CCC(=O)NCC1CCN(C(=O)Cc2ccccc2Cl)CC1. The summed E-state index contributed by atoms with van der Waals surface area (Å²) in [5.74, 6) is 0.219. The van der Waals surface area contributed by atoms with E-state index in [1.54, 1.807) is 6.07 Å². The molecule has 0 bridgehead atoms. The van der Waals surface area contributed by atoms with E-state index in [0.717, 1.165) is 18.4 Å². The number of hydrogen-bond acceptors (Lipinski definition) is 3. The molecule has 122 valence electrons. The van der Waals surface area contributed by atoms with Gasteiger partial charge in [0.2, 0.25) is 11.8 Å². The lowest BCUT2D eigenvalue weighted by Crippen LogP contribution is -2.42. The largest absolute Gasteiger partial charge is 0.355 e. The summed E-state index contributed by atoms with van der Waals surface area (Å²) in [5, 5.41) is 11.8. The zero-order valence-corrected chi connectivity index (χ0v) is 13.7. The number of nitrogens with one attached hydrogen (secondary N) is 1. The molecule has 1 fully saturated rings. The molecule has 1 aromatic carbocycles. The Morgan fingerprint density at radius 3 is 2.65 bits per heavy atom. The molecule has 5 nitrogen and oxygen atoms in total. The van der Waals surface area contributed by atoms with Crippen LogP contribution in [0.2, 0.25) is 5.02 Å². The fourth-order valence-electron chi connectivity index (χ4n) is 2.70. The number of halogens is 1. The summed E-state index contributed by atoms with van der Waals surface area (Å²) >= 11 is 6.09. The van der Waals surface area contributed by atoms with Gasteiger partial charge in [0.25, 0.3) is 0 Å². The minimum atomic E-state index is -0.232. The molecular weight excluding hydrogens is 314 g/mol. The standard InChI is InChI=1S/C17H20ClN3O2/c18-15-4-2-1-3-14(15)11-17(23)21-9-6-13(7-10-21)12-20-16(22)5-8-19/h1-4,13H,5-7,9-12H2,(H,20,22). The summed E-state index contributed by atoms with van der Waals surface area (Å²) < 4.78 is 0. The Bertz CT molecular complexity index is 604. The summed E-state index contributed by atoms with van der Waals surface area (Å²) in [6, 6.07) is 9.22. The number of nitriles is 1. The molecule has 23 heavy (non-hydrogen) atoms. The number of rotatable bonds is 5. The van der Waals surface area contributed by atoms with Crippen molar-refractivity contribution in [3.05, 3.63) is 34.9 Å². The second kappa shape index (κ2) is 8.54. The van der Waals surface area contributed by atoms with E-state index in [9.17, 15) is 9.59 Å². The average Bonchev–Trinajstić information content (AvgIpc) is 2.56. The first-order chi connectivity index (χ1) is 11.1. The number of carbonyl (C=O) groups is 2. The Labute approximate surface area is 141 Å². The zero-order chi connectivity index (χ0) is 16.7. The Morgan fingerprint density at radius 2 is 2.00 bits per heavy atom. The number of amides is 2. The lowest BCUT2D eigenvalue weighted by molar-refractivity contribution is -0.132. The maximum atomic E-state index is 12.3. The van der Waals surface area contributed by atoms with Crippen molar-refractivity contribution in [1.29, 1.82) is 5.26 Å². The minimum Gasteiger partial charge on any atom is -0.355 e. The van der Waals surface area contributed by atoms with Gasteiger partial charge in [-0.2, -0.15) is 5.26 Å². The third-order valence-corrected chi connectivity index (χ3v) is 4.46. The van der Waals surface area contributed by atoms with Crippen molar-refractivity contribution >= 4 is 23.4 Å². The first-order valence-corrected chi connectivity index (χ1v) is 8.12. The van der Waals surface area contributed by atoms with Gasteiger partial charge in [0.15, 0.2) is 0 Å². The van der Waals surface area contributed by atoms with E-state index >= 15 is 0 Å². The van der Waals surface area contributed by atoms with Crippen LogP contribution in [0.1, 0.15) is 24.8 Å². The van der Waals surface area contributed by atoms with Gasteiger partial charge in [-0.3, -0.25) is 9.59 Å². The number of piperidine rings is 1. The van der Waals surface area contributed by atoms with Crippen molar-refractivity contribution in [2.75, 3.05) is 19.6 Å². The van der Waals surface area contributed by atoms with Gasteiger partial charge < -0.3 is 10.2 Å². The molecule has 2 amide bonds. The van der Waals surface area contributed by atoms with Crippen molar-refractivity contribution in [3.63, 3.8) is 0 Å². The molecule has 1 aliphatic rings. The smallest absolute Gasteiger partial charge is 0.234 e. The zero-order valence-electron chi connectivity index (χ0n) is 12.9. The third-order valence-electron chi connectivity index (χ3n) is 4.09. The monoisotopic (exact) mass is 333 g/mol. The quantitative estimate of drug-likeness (QED) is 0.897. The lowest BCUT2D eigenvalue weighted by atomic mass is 9.96. The van der Waals surface area contributed by atoms with Crippen LogP contribution >= 0.6 is 11.6 Å². The molecule has 1 N–H and O–H groups in total. The molecule has 0 aliphatic carbocycles. The van der Waals surface area contributed by atoms with Gasteiger partial charge in [0.05, 0.1) is 12.5 Å². The highest BCUT2D eigenvalue weighted by atomic mass is 35.5. The van der Waals surface area contributed by atoms with Crippen molar-refractivity contribution in [2.45, 2.75) is 25.7 Å². The number of nitrogens with zero attached hydrogens (tertiary/aromatic N) is 2. The number of hydrogen-bond donors (Lipinski definition) is 1. The fraction of sp³-hybridized carbons (Fsp3) is 0.471. The molecule has 0 spiro atoms. The van der Waals surface area contributed by atoms with Gasteiger partial charge in [-0.05, 0) is 30.4 Å². The second-order valence-electron chi connectivity index (χ2n) is 5.73. The Balaban J connectivity index is 1.76. The third kappa shape index (κ3) is 5.26. The summed E-state index contributed by atoms with van der Waals surface area (Å²) in [5.41, 5.74) is 0.852. The summed E-state index contributed by atoms with van der Waals surface area (Å²) in [7, 11) is 0.